The SMILES string of the molecule is CCC1(CC)CNCCN1Cc1ccc(Br)cc1. The van der Waals surface area contributed by atoms with Gasteiger partial charge in [-0.3, -0.25) is 4.90 Å². The molecule has 100 valence electrons. The molecule has 2 rings (SSSR count). The number of benzene rings is 1. The summed E-state index contributed by atoms with van der Waals surface area (Å²) < 4.78 is 1.16. The third-order valence-corrected chi connectivity index (χ3v) is 4.81. The van der Waals surface area contributed by atoms with E-state index < -0.39 is 0 Å². The topological polar surface area (TPSA) is 15.3 Å². The normalized spacial score (nSPS) is 19.9. The van der Waals surface area contributed by atoms with Crippen LogP contribution < -0.4 is 5.32 Å². The van der Waals surface area contributed by atoms with Crippen LogP contribution in [0.25, 0.3) is 0 Å². The van der Waals surface area contributed by atoms with Gasteiger partial charge in [-0.2, -0.15) is 0 Å². The second-order valence-corrected chi connectivity index (χ2v) is 6.07. The molecule has 1 fully saturated rings. The molecule has 1 saturated heterocycles. The number of rotatable bonds is 4. The first kappa shape index (κ1) is 14.0. The van der Waals surface area contributed by atoms with E-state index in [2.05, 4.69) is 64.3 Å². The van der Waals surface area contributed by atoms with Crippen LogP contribution in [-0.2, 0) is 6.54 Å². The maximum absolute atomic E-state index is 3.55. The average Bonchev–Trinajstić information content (AvgIpc) is 2.42. The Morgan fingerprint density at radius 3 is 2.50 bits per heavy atom. The summed E-state index contributed by atoms with van der Waals surface area (Å²) in [6.45, 7) is 9.07. The molecular weight excluding hydrogens is 288 g/mol. The van der Waals surface area contributed by atoms with Gasteiger partial charge in [-0.1, -0.05) is 41.9 Å². The summed E-state index contributed by atoms with van der Waals surface area (Å²) in [4.78, 5) is 2.66. The van der Waals surface area contributed by atoms with Crippen molar-refractivity contribution in [2.45, 2.75) is 38.8 Å². The van der Waals surface area contributed by atoms with Crippen molar-refractivity contribution in [2.24, 2.45) is 0 Å². The Kier molecular flexibility index (Phi) is 4.82. The molecule has 0 bridgehead atoms. The summed E-state index contributed by atoms with van der Waals surface area (Å²) in [5.41, 5.74) is 1.75. The van der Waals surface area contributed by atoms with Crippen LogP contribution in [0.5, 0.6) is 0 Å². The van der Waals surface area contributed by atoms with Gasteiger partial charge in [0.25, 0.3) is 0 Å². The molecule has 1 aliphatic rings. The van der Waals surface area contributed by atoms with Crippen molar-refractivity contribution in [3.05, 3.63) is 34.3 Å². The Morgan fingerprint density at radius 1 is 1.22 bits per heavy atom. The highest BCUT2D eigenvalue weighted by molar-refractivity contribution is 9.10. The number of hydrogen-bond acceptors (Lipinski definition) is 2. The third kappa shape index (κ3) is 2.95. The molecule has 0 amide bonds. The van der Waals surface area contributed by atoms with Crippen LogP contribution >= 0.6 is 15.9 Å². The number of halogens is 1. The minimum absolute atomic E-state index is 0.339. The first-order chi connectivity index (χ1) is 8.70. The highest BCUT2D eigenvalue weighted by atomic mass is 79.9. The van der Waals surface area contributed by atoms with Gasteiger partial charge in [0.15, 0.2) is 0 Å². The van der Waals surface area contributed by atoms with Crippen LogP contribution in [0.1, 0.15) is 32.3 Å². The summed E-state index contributed by atoms with van der Waals surface area (Å²) in [5, 5.41) is 3.55. The second-order valence-electron chi connectivity index (χ2n) is 5.16. The van der Waals surface area contributed by atoms with Gasteiger partial charge >= 0.3 is 0 Å². The Hall–Kier alpha value is -0.380. The van der Waals surface area contributed by atoms with Crippen LogP contribution in [0.15, 0.2) is 28.7 Å². The fraction of sp³-hybridized carbons (Fsp3) is 0.600. The molecule has 1 N–H and O–H groups in total. The van der Waals surface area contributed by atoms with Crippen molar-refractivity contribution in [3.8, 4) is 0 Å². The Balaban J connectivity index is 2.12. The van der Waals surface area contributed by atoms with Gasteiger partial charge < -0.3 is 5.32 Å². The van der Waals surface area contributed by atoms with Crippen molar-refractivity contribution in [2.75, 3.05) is 19.6 Å². The quantitative estimate of drug-likeness (QED) is 0.917. The molecule has 0 radical (unpaired) electrons. The smallest absolute Gasteiger partial charge is 0.0332 e. The largest absolute Gasteiger partial charge is 0.314 e. The zero-order valence-corrected chi connectivity index (χ0v) is 13.0. The minimum Gasteiger partial charge on any atom is -0.314 e. The zero-order chi connectivity index (χ0) is 13.0. The number of nitrogens with zero attached hydrogens (tertiary/aromatic N) is 1. The lowest BCUT2D eigenvalue weighted by molar-refractivity contribution is 0.0447. The van der Waals surface area contributed by atoms with E-state index in [0.717, 1.165) is 30.7 Å². The molecule has 1 heterocycles. The lowest BCUT2D eigenvalue weighted by atomic mass is 9.88. The van der Waals surface area contributed by atoms with E-state index in [-0.39, 0.29) is 0 Å². The van der Waals surface area contributed by atoms with Gasteiger partial charge in [0.2, 0.25) is 0 Å². The molecule has 0 spiro atoms. The van der Waals surface area contributed by atoms with Crippen LogP contribution in [0.3, 0.4) is 0 Å². The maximum atomic E-state index is 3.55. The van der Waals surface area contributed by atoms with E-state index in [1.807, 2.05) is 0 Å². The summed E-state index contributed by atoms with van der Waals surface area (Å²) >= 11 is 3.50. The fourth-order valence-corrected chi connectivity index (χ4v) is 3.15. The van der Waals surface area contributed by atoms with Gasteiger partial charge in [0.05, 0.1) is 0 Å². The van der Waals surface area contributed by atoms with Crippen molar-refractivity contribution in [1.82, 2.24) is 10.2 Å². The molecule has 18 heavy (non-hydrogen) atoms. The molecule has 0 saturated carbocycles. The van der Waals surface area contributed by atoms with E-state index in [1.165, 1.54) is 18.4 Å². The van der Waals surface area contributed by atoms with E-state index in [1.54, 1.807) is 0 Å². The summed E-state index contributed by atoms with van der Waals surface area (Å²) in [6.07, 6.45) is 2.43. The maximum Gasteiger partial charge on any atom is 0.0332 e. The van der Waals surface area contributed by atoms with Gasteiger partial charge in [-0.25, -0.2) is 0 Å². The standard InChI is InChI=1S/C15H23BrN2/c1-3-15(4-2)12-17-9-10-18(15)11-13-5-7-14(16)8-6-13/h5-8,17H,3-4,9-12H2,1-2H3. The van der Waals surface area contributed by atoms with Crippen molar-refractivity contribution in [3.63, 3.8) is 0 Å². The molecule has 1 aromatic rings. The first-order valence-corrected chi connectivity index (χ1v) is 7.69. The molecule has 0 atom stereocenters. The van der Waals surface area contributed by atoms with E-state index in [9.17, 15) is 0 Å². The van der Waals surface area contributed by atoms with Crippen LogP contribution in [0, 0.1) is 0 Å². The second kappa shape index (κ2) is 6.18. The van der Waals surface area contributed by atoms with Crippen molar-refractivity contribution >= 4 is 15.9 Å². The van der Waals surface area contributed by atoms with Gasteiger partial charge in [-0.05, 0) is 30.5 Å². The molecule has 0 aliphatic carbocycles. The molecule has 0 aromatic heterocycles. The lowest BCUT2D eigenvalue weighted by Crippen LogP contribution is -2.60. The number of hydrogen-bond donors (Lipinski definition) is 1. The predicted molar refractivity (Wildman–Crippen MR) is 80.7 cm³/mol. The fourth-order valence-electron chi connectivity index (χ4n) is 2.89. The monoisotopic (exact) mass is 310 g/mol. The van der Waals surface area contributed by atoms with Gasteiger partial charge in [-0.15, -0.1) is 0 Å². The molecule has 0 unspecified atom stereocenters. The summed E-state index contributed by atoms with van der Waals surface area (Å²) in [6, 6.07) is 8.72. The lowest BCUT2D eigenvalue weighted by Gasteiger charge is -2.47. The summed E-state index contributed by atoms with van der Waals surface area (Å²) in [7, 11) is 0. The molecular formula is C15H23BrN2. The highest BCUT2D eigenvalue weighted by Crippen LogP contribution is 2.27. The van der Waals surface area contributed by atoms with Crippen LogP contribution in [0.4, 0.5) is 0 Å². The molecule has 1 aromatic carbocycles. The van der Waals surface area contributed by atoms with Crippen LogP contribution in [0.2, 0.25) is 0 Å². The Bertz CT molecular complexity index is 371. The van der Waals surface area contributed by atoms with E-state index in [4.69, 9.17) is 0 Å². The number of piperazine rings is 1. The summed E-state index contributed by atoms with van der Waals surface area (Å²) in [5.74, 6) is 0. The predicted octanol–water partition coefficient (Wildman–Crippen LogP) is 3.41. The van der Waals surface area contributed by atoms with E-state index >= 15 is 0 Å². The Labute approximate surface area is 119 Å². The van der Waals surface area contributed by atoms with E-state index in [0.29, 0.717) is 5.54 Å². The van der Waals surface area contributed by atoms with Crippen LogP contribution in [-0.4, -0.2) is 30.1 Å². The van der Waals surface area contributed by atoms with Gasteiger partial charge in [0, 0.05) is 36.2 Å². The third-order valence-electron chi connectivity index (χ3n) is 4.29. The Morgan fingerprint density at radius 2 is 1.89 bits per heavy atom. The highest BCUT2D eigenvalue weighted by Gasteiger charge is 2.35. The first-order valence-electron chi connectivity index (χ1n) is 6.90. The zero-order valence-electron chi connectivity index (χ0n) is 11.4. The van der Waals surface area contributed by atoms with Crippen molar-refractivity contribution in [1.29, 1.82) is 0 Å². The molecule has 1 aliphatic heterocycles. The number of nitrogens with one attached hydrogen (secondary N) is 1. The average molecular weight is 311 g/mol. The van der Waals surface area contributed by atoms with Gasteiger partial charge in [0.1, 0.15) is 0 Å². The molecule has 3 heteroatoms. The molecule has 2 nitrogen and oxygen atoms in total. The van der Waals surface area contributed by atoms with Crippen molar-refractivity contribution < 1.29 is 0 Å². The minimum atomic E-state index is 0.339.